The second-order valence-corrected chi connectivity index (χ2v) is 8.63. The third-order valence-electron chi connectivity index (χ3n) is 4.61. The Morgan fingerprint density at radius 2 is 2.04 bits per heavy atom. The highest BCUT2D eigenvalue weighted by atomic mass is 32.2. The molecule has 0 amide bonds. The molecule has 27 heavy (non-hydrogen) atoms. The maximum absolute atomic E-state index is 4.52. The van der Waals surface area contributed by atoms with E-state index >= 15 is 0 Å². The van der Waals surface area contributed by atoms with Crippen LogP contribution in [-0.2, 0) is 0 Å². The van der Waals surface area contributed by atoms with E-state index in [-0.39, 0.29) is 0 Å². The molecule has 1 N–H and O–H groups in total. The third kappa shape index (κ3) is 4.31. The number of thiazole rings is 1. The summed E-state index contributed by atoms with van der Waals surface area (Å²) in [5.74, 6) is 1.96. The summed E-state index contributed by atoms with van der Waals surface area (Å²) in [5.41, 5.74) is 0.776. The van der Waals surface area contributed by atoms with Crippen LogP contribution in [0, 0.1) is 0 Å². The van der Waals surface area contributed by atoms with Crippen LogP contribution in [-0.4, -0.2) is 69.9 Å². The van der Waals surface area contributed by atoms with Gasteiger partial charge in [0, 0.05) is 45.0 Å². The molecule has 0 spiro atoms. The van der Waals surface area contributed by atoms with Crippen LogP contribution in [0.2, 0.25) is 0 Å². The van der Waals surface area contributed by atoms with E-state index in [0.717, 1.165) is 59.0 Å². The summed E-state index contributed by atoms with van der Waals surface area (Å²) >= 11 is 3.29. The van der Waals surface area contributed by atoms with Gasteiger partial charge in [0.05, 0.1) is 0 Å². The highest BCUT2D eigenvalue weighted by Gasteiger charge is 2.20. The average Bonchev–Trinajstić information content (AvgIpc) is 3.14. The smallest absolute Gasteiger partial charge is 0.176 e. The molecule has 1 aliphatic heterocycles. The molecule has 1 atom stereocenters. The maximum Gasteiger partial charge on any atom is 0.176 e. The van der Waals surface area contributed by atoms with Gasteiger partial charge in [-0.05, 0) is 25.3 Å². The molecule has 1 fully saturated rings. The molecule has 1 aliphatic rings. The normalized spacial score (nSPS) is 16.6. The molecule has 4 rings (SSSR count). The van der Waals surface area contributed by atoms with Gasteiger partial charge in [-0.1, -0.05) is 17.8 Å². The second-order valence-electron chi connectivity index (χ2n) is 6.58. The Bertz CT molecular complexity index is 878. The van der Waals surface area contributed by atoms with Crippen molar-refractivity contribution in [2.75, 3.05) is 49.2 Å². The lowest BCUT2D eigenvalue weighted by Gasteiger charge is -2.36. The van der Waals surface area contributed by atoms with Crippen LogP contribution in [0.3, 0.4) is 0 Å². The molecule has 9 heteroatoms. The minimum Gasteiger partial charge on any atom is -0.365 e. The Balaban J connectivity index is 1.34. The lowest BCUT2D eigenvalue weighted by atomic mass is 10.2. The van der Waals surface area contributed by atoms with Gasteiger partial charge in [0.15, 0.2) is 9.99 Å². The molecule has 0 aromatic carbocycles. The van der Waals surface area contributed by atoms with Crippen LogP contribution in [0.1, 0.15) is 6.92 Å². The second kappa shape index (κ2) is 8.37. The first kappa shape index (κ1) is 18.4. The lowest BCUT2D eigenvalue weighted by Crippen LogP contribution is -2.49. The van der Waals surface area contributed by atoms with E-state index in [0.29, 0.717) is 6.04 Å². The van der Waals surface area contributed by atoms with E-state index in [1.807, 2.05) is 24.6 Å². The van der Waals surface area contributed by atoms with E-state index in [2.05, 4.69) is 48.0 Å². The van der Waals surface area contributed by atoms with Crippen LogP contribution >= 0.6 is 23.1 Å². The number of aromatic nitrogens is 4. The Hall–Kier alpha value is -1.97. The molecule has 7 nitrogen and oxygen atoms in total. The number of nitrogens with zero attached hydrogens (tertiary/aromatic N) is 6. The minimum atomic E-state index is 0.296. The fraction of sp³-hybridized carbons (Fsp3) is 0.444. The van der Waals surface area contributed by atoms with Crippen molar-refractivity contribution >= 4 is 45.1 Å². The van der Waals surface area contributed by atoms with Gasteiger partial charge in [-0.15, -0.1) is 11.3 Å². The first-order chi connectivity index (χ1) is 13.2. The van der Waals surface area contributed by atoms with Gasteiger partial charge in [-0.25, -0.2) is 19.9 Å². The average molecular weight is 402 g/mol. The standard InChI is InChI=1S/C18H23N7S2/c1-13(22-16-15-17(21-12-20-16)23-18(26-2)27-15)11-24-7-9-25(10-8-24)14-5-3-4-6-19-14/h3-6,12-13H,7-11H2,1-2H3,(H,20,21,22). The number of hydrogen-bond acceptors (Lipinski definition) is 9. The topological polar surface area (TPSA) is 70.1 Å². The molecule has 4 heterocycles. The van der Waals surface area contributed by atoms with Crippen molar-refractivity contribution in [3.05, 3.63) is 30.7 Å². The minimum absolute atomic E-state index is 0.296. The highest BCUT2D eigenvalue weighted by molar-refractivity contribution is 8.00. The van der Waals surface area contributed by atoms with E-state index in [9.17, 15) is 0 Å². The molecule has 1 unspecified atom stereocenters. The molecular weight excluding hydrogens is 378 g/mol. The van der Waals surface area contributed by atoms with Gasteiger partial charge < -0.3 is 10.2 Å². The van der Waals surface area contributed by atoms with Crippen molar-refractivity contribution < 1.29 is 0 Å². The zero-order chi connectivity index (χ0) is 18.6. The maximum atomic E-state index is 4.52. The Morgan fingerprint density at radius 3 is 2.78 bits per heavy atom. The molecule has 3 aromatic heterocycles. The zero-order valence-corrected chi connectivity index (χ0v) is 17.1. The molecule has 0 aliphatic carbocycles. The summed E-state index contributed by atoms with van der Waals surface area (Å²) in [6.07, 6.45) is 5.48. The summed E-state index contributed by atoms with van der Waals surface area (Å²) in [7, 11) is 0. The number of fused-ring (bicyclic) bond motifs is 1. The largest absolute Gasteiger partial charge is 0.365 e. The fourth-order valence-corrected chi connectivity index (χ4v) is 4.76. The van der Waals surface area contributed by atoms with Crippen LogP contribution in [0.4, 0.5) is 11.6 Å². The van der Waals surface area contributed by atoms with Gasteiger partial charge >= 0.3 is 0 Å². The number of piperazine rings is 1. The summed E-state index contributed by atoms with van der Waals surface area (Å²) < 4.78 is 2.06. The summed E-state index contributed by atoms with van der Waals surface area (Å²) in [5, 5.41) is 3.55. The van der Waals surface area contributed by atoms with Crippen molar-refractivity contribution in [1.29, 1.82) is 0 Å². The Kier molecular flexibility index (Phi) is 5.70. The molecule has 0 saturated carbocycles. The highest BCUT2D eigenvalue weighted by Crippen LogP contribution is 2.31. The lowest BCUT2D eigenvalue weighted by molar-refractivity contribution is 0.250. The van der Waals surface area contributed by atoms with Crippen molar-refractivity contribution in [3.63, 3.8) is 0 Å². The van der Waals surface area contributed by atoms with Gasteiger partial charge in [0.1, 0.15) is 22.7 Å². The van der Waals surface area contributed by atoms with Crippen LogP contribution < -0.4 is 10.2 Å². The van der Waals surface area contributed by atoms with E-state index in [1.165, 1.54) is 0 Å². The van der Waals surface area contributed by atoms with E-state index in [1.54, 1.807) is 29.4 Å². The zero-order valence-electron chi connectivity index (χ0n) is 15.5. The SMILES string of the molecule is CSc1nc2ncnc(NC(C)CN3CCN(c4ccccn4)CC3)c2s1. The molecular formula is C18H23N7S2. The Morgan fingerprint density at radius 1 is 1.19 bits per heavy atom. The van der Waals surface area contributed by atoms with Crippen LogP contribution in [0.15, 0.2) is 35.1 Å². The predicted octanol–water partition coefficient (Wildman–Crippen LogP) is 2.83. The fourth-order valence-electron chi connectivity index (χ4n) is 3.29. The first-order valence-electron chi connectivity index (χ1n) is 9.03. The molecule has 3 aromatic rings. The molecule has 0 bridgehead atoms. The summed E-state index contributed by atoms with van der Waals surface area (Å²) in [6, 6.07) is 6.38. The monoisotopic (exact) mass is 401 g/mol. The van der Waals surface area contributed by atoms with E-state index < -0.39 is 0 Å². The van der Waals surface area contributed by atoms with Crippen molar-refractivity contribution in [1.82, 2.24) is 24.8 Å². The quantitative estimate of drug-likeness (QED) is 0.633. The van der Waals surface area contributed by atoms with E-state index in [4.69, 9.17) is 0 Å². The van der Waals surface area contributed by atoms with Crippen molar-refractivity contribution in [3.8, 4) is 0 Å². The van der Waals surface area contributed by atoms with Crippen molar-refractivity contribution in [2.45, 2.75) is 17.3 Å². The summed E-state index contributed by atoms with van der Waals surface area (Å²) in [4.78, 5) is 22.6. The molecule has 142 valence electrons. The van der Waals surface area contributed by atoms with Crippen LogP contribution in [0.5, 0.6) is 0 Å². The van der Waals surface area contributed by atoms with Gasteiger partial charge in [-0.3, -0.25) is 4.90 Å². The molecule has 1 saturated heterocycles. The number of hydrogen-bond donors (Lipinski definition) is 1. The number of thioether (sulfide) groups is 1. The molecule has 0 radical (unpaired) electrons. The first-order valence-corrected chi connectivity index (χ1v) is 11.1. The number of rotatable bonds is 6. The predicted molar refractivity (Wildman–Crippen MR) is 113 cm³/mol. The van der Waals surface area contributed by atoms with Gasteiger partial charge in [-0.2, -0.15) is 0 Å². The third-order valence-corrected chi connectivity index (χ3v) is 6.64. The van der Waals surface area contributed by atoms with Gasteiger partial charge in [0.2, 0.25) is 0 Å². The van der Waals surface area contributed by atoms with Gasteiger partial charge in [0.25, 0.3) is 0 Å². The number of pyridine rings is 1. The Labute approximate surface area is 167 Å². The van der Waals surface area contributed by atoms with Crippen LogP contribution in [0.25, 0.3) is 10.3 Å². The number of anilines is 2. The summed E-state index contributed by atoms with van der Waals surface area (Å²) in [6.45, 7) is 7.28. The van der Waals surface area contributed by atoms with Crippen molar-refractivity contribution in [2.24, 2.45) is 0 Å². The number of nitrogens with one attached hydrogen (secondary N) is 1.